The van der Waals surface area contributed by atoms with E-state index in [1.807, 2.05) is 31.2 Å². The van der Waals surface area contributed by atoms with Gasteiger partial charge in [-0.05, 0) is 53.3 Å². The van der Waals surface area contributed by atoms with Crippen molar-refractivity contribution in [3.05, 3.63) is 45.7 Å². The Morgan fingerprint density at radius 2 is 2.12 bits per heavy atom. The highest BCUT2D eigenvalue weighted by molar-refractivity contribution is 14.1. The van der Waals surface area contributed by atoms with Crippen molar-refractivity contribution in [3.8, 4) is 11.6 Å². The number of rotatable bonds is 2. The Morgan fingerprint density at radius 1 is 1.31 bits per heavy atom. The van der Waals surface area contributed by atoms with Crippen LogP contribution in [0.3, 0.4) is 0 Å². The smallest absolute Gasteiger partial charge is 0.221 e. The molecule has 0 fully saturated rings. The summed E-state index contributed by atoms with van der Waals surface area (Å²) in [4.78, 5) is 4.16. The quantitative estimate of drug-likeness (QED) is 0.861. The molecule has 0 aliphatic carbocycles. The summed E-state index contributed by atoms with van der Waals surface area (Å²) < 4.78 is 6.72. The number of nitrogen functional groups attached to an aromatic ring is 1. The van der Waals surface area contributed by atoms with Gasteiger partial charge in [0.05, 0.1) is 0 Å². The van der Waals surface area contributed by atoms with Crippen molar-refractivity contribution in [3.63, 3.8) is 0 Å². The number of anilines is 1. The summed E-state index contributed by atoms with van der Waals surface area (Å²) in [6.45, 7) is 1.91. The summed E-state index contributed by atoms with van der Waals surface area (Å²) in [7, 11) is 0. The molecule has 0 saturated heterocycles. The number of aromatic nitrogens is 1. The number of pyridine rings is 1. The van der Waals surface area contributed by atoms with Gasteiger partial charge in [0.15, 0.2) is 0 Å². The lowest BCUT2D eigenvalue weighted by Crippen LogP contribution is -1.94. The first-order valence-electron chi connectivity index (χ1n) is 4.81. The van der Waals surface area contributed by atoms with E-state index in [2.05, 4.69) is 27.6 Å². The Kier molecular flexibility index (Phi) is 3.28. The van der Waals surface area contributed by atoms with Crippen molar-refractivity contribution in [1.82, 2.24) is 4.98 Å². The van der Waals surface area contributed by atoms with Gasteiger partial charge in [-0.1, -0.05) is 6.07 Å². The summed E-state index contributed by atoms with van der Waals surface area (Å²) in [5.41, 5.74) is 7.43. The van der Waals surface area contributed by atoms with E-state index in [9.17, 15) is 0 Å². The molecule has 0 radical (unpaired) electrons. The Labute approximate surface area is 108 Å². The van der Waals surface area contributed by atoms with Crippen molar-refractivity contribution in [2.45, 2.75) is 6.92 Å². The zero-order chi connectivity index (χ0) is 11.5. The predicted molar refractivity (Wildman–Crippen MR) is 72.6 cm³/mol. The molecule has 0 unspecified atom stereocenters. The number of nitrogens with two attached hydrogens (primary N) is 1. The molecule has 1 aromatic carbocycles. The van der Waals surface area contributed by atoms with Crippen molar-refractivity contribution in [2.24, 2.45) is 0 Å². The van der Waals surface area contributed by atoms with Gasteiger partial charge in [-0.2, -0.15) is 0 Å². The van der Waals surface area contributed by atoms with Gasteiger partial charge in [0.1, 0.15) is 5.75 Å². The molecule has 0 atom stereocenters. The third-order valence-corrected chi connectivity index (χ3v) is 2.81. The highest BCUT2D eigenvalue weighted by atomic mass is 127. The topological polar surface area (TPSA) is 48.1 Å². The van der Waals surface area contributed by atoms with Crippen molar-refractivity contribution in [2.75, 3.05) is 5.73 Å². The second-order valence-corrected chi connectivity index (χ2v) is 4.68. The Balaban J connectivity index is 2.24. The van der Waals surface area contributed by atoms with Crippen LogP contribution in [0.5, 0.6) is 11.6 Å². The van der Waals surface area contributed by atoms with Crippen molar-refractivity contribution in [1.29, 1.82) is 0 Å². The molecule has 1 heterocycles. The maximum absolute atomic E-state index is 5.78. The largest absolute Gasteiger partial charge is 0.439 e. The Hall–Kier alpha value is -1.30. The summed E-state index contributed by atoms with van der Waals surface area (Å²) in [5.74, 6) is 1.28. The molecule has 3 nitrogen and oxygen atoms in total. The van der Waals surface area contributed by atoms with Crippen LogP contribution in [0.25, 0.3) is 0 Å². The molecule has 82 valence electrons. The Morgan fingerprint density at radius 3 is 2.81 bits per heavy atom. The number of hydrogen-bond donors (Lipinski definition) is 1. The van der Waals surface area contributed by atoms with E-state index in [1.54, 1.807) is 12.3 Å². The van der Waals surface area contributed by atoms with Gasteiger partial charge in [0.25, 0.3) is 0 Å². The number of ether oxygens (including phenoxy) is 1. The van der Waals surface area contributed by atoms with Gasteiger partial charge in [0.2, 0.25) is 5.88 Å². The first-order chi connectivity index (χ1) is 7.65. The normalized spacial score (nSPS) is 10.1. The molecule has 0 bridgehead atoms. The number of nitrogens with zero attached hydrogens (tertiary/aromatic N) is 1. The lowest BCUT2D eigenvalue weighted by atomic mass is 10.3. The lowest BCUT2D eigenvalue weighted by molar-refractivity contribution is 0.463. The van der Waals surface area contributed by atoms with Crippen LogP contribution in [0.1, 0.15) is 5.56 Å². The lowest BCUT2D eigenvalue weighted by Gasteiger charge is -2.06. The van der Waals surface area contributed by atoms with E-state index in [-0.39, 0.29) is 0 Å². The minimum absolute atomic E-state index is 0.519. The van der Waals surface area contributed by atoms with Crippen LogP contribution >= 0.6 is 22.6 Å². The fourth-order valence-electron chi connectivity index (χ4n) is 1.23. The molecule has 4 heteroatoms. The second kappa shape index (κ2) is 4.69. The molecule has 2 aromatic rings. The molecule has 1 aromatic heterocycles. The molecule has 0 aliphatic rings. The van der Waals surface area contributed by atoms with Crippen LogP contribution in [-0.2, 0) is 0 Å². The van der Waals surface area contributed by atoms with Gasteiger partial charge in [-0.3, -0.25) is 0 Å². The fraction of sp³-hybridized carbons (Fsp3) is 0.0833. The van der Waals surface area contributed by atoms with E-state index >= 15 is 0 Å². The van der Waals surface area contributed by atoms with Crippen LogP contribution < -0.4 is 10.5 Å². The first kappa shape index (κ1) is 11.2. The standard InChI is InChI=1S/C12H11IN2O/c1-8-7-15-12(6-11(8)14)16-10-4-2-3-9(13)5-10/h2-7H,1H3,(H2,14,15). The highest BCUT2D eigenvalue weighted by Crippen LogP contribution is 2.23. The van der Waals surface area contributed by atoms with Gasteiger partial charge in [0, 0.05) is 21.5 Å². The Bertz CT molecular complexity index is 514. The molecule has 0 aliphatic heterocycles. The fourth-order valence-corrected chi connectivity index (χ4v) is 1.74. The predicted octanol–water partition coefficient (Wildman–Crippen LogP) is 3.37. The maximum Gasteiger partial charge on any atom is 0.221 e. The highest BCUT2D eigenvalue weighted by Gasteiger charge is 2.01. The zero-order valence-corrected chi connectivity index (χ0v) is 10.9. The van der Waals surface area contributed by atoms with E-state index < -0.39 is 0 Å². The third kappa shape index (κ3) is 2.63. The van der Waals surface area contributed by atoms with Gasteiger partial charge >= 0.3 is 0 Å². The summed E-state index contributed by atoms with van der Waals surface area (Å²) in [5, 5.41) is 0. The van der Waals surface area contributed by atoms with E-state index in [1.165, 1.54) is 0 Å². The monoisotopic (exact) mass is 326 g/mol. The molecule has 16 heavy (non-hydrogen) atoms. The van der Waals surface area contributed by atoms with Crippen LogP contribution in [0.2, 0.25) is 0 Å². The van der Waals surface area contributed by atoms with E-state index in [0.29, 0.717) is 11.6 Å². The minimum atomic E-state index is 0.519. The van der Waals surface area contributed by atoms with E-state index in [4.69, 9.17) is 10.5 Å². The third-order valence-electron chi connectivity index (χ3n) is 2.14. The van der Waals surface area contributed by atoms with Gasteiger partial charge in [-0.25, -0.2) is 4.98 Å². The second-order valence-electron chi connectivity index (χ2n) is 3.44. The summed E-state index contributed by atoms with van der Waals surface area (Å²) >= 11 is 2.24. The van der Waals surface area contributed by atoms with Gasteiger partial charge in [-0.15, -0.1) is 0 Å². The molecule has 2 N–H and O–H groups in total. The minimum Gasteiger partial charge on any atom is -0.439 e. The summed E-state index contributed by atoms with van der Waals surface area (Å²) in [6.07, 6.45) is 1.71. The SMILES string of the molecule is Cc1cnc(Oc2cccc(I)c2)cc1N. The molecular formula is C12H11IN2O. The maximum atomic E-state index is 5.78. The average molecular weight is 326 g/mol. The van der Waals surface area contributed by atoms with Crippen LogP contribution in [0, 0.1) is 10.5 Å². The summed E-state index contributed by atoms with van der Waals surface area (Å²) in [6, 6.07) is 9.51. The molecular weight excluding hydrogens is 315 g/mol. The number of aryl methyl sites for hydroxylation is 1. The van der Waals surface area contributed by atoms with Crippen molar-refractivity contribution >= 4 is 28.3 Å². The van der Waals surface area contributed by atoms with Crippen LogP contribution in [0.4, 0.5) is 5.69 Å². The zero-order valence-electron chi connectivity index (χ0n) is 8.77. The van der Waals surface area contributed by atoms with Crippen LogP contribution in [-0.4, -0.2) is 4.98 Å². The van der Waals surface area contributed by atoms with Gasteiger partial charge < -0.3 is 10.5 Å². The molecule has 0 spiro atoms. The average Bonchev–Trinajstić information content (AvgIpc) is 2.24. The van der Waals surface area contributed by atoms with E-state index in [0.717, 1.165) is 14.9 Å². The molecule has 2 rings (SSSR count). The van der Waals surface area contributed by atoms with Crippen molar-refractivity contribution < 1.29 is 4.74 Å². The first-order valence-corrected chi connectivity index (χ1v) is 5.88. The van der Waals surface area contributed by atoms with Crippen LogP contribution in [0.15, 0.2) is 36.5 Å². The number of benzene rings is 1. The number of hydrogen-bond acceptors (Lipinski definition) is 3. The molecule has 0 amide bonds. The molecule has 0 saturated carbocycles. The number of halogens is 1.